The van der Waals surface area contributed by atoms with Crippen molar-refractivity contribution < 1.29 is 13.5 Å². The molecule has 0 aromatic heterocycles. The van der Waals surface area contributed by atoms with Gasteiger partial charge in [-0.25, -0.2) is 13.1 Å². The fourth-order valence-corrected chi connectivity index (χ4v) is 2.64. The van der Waals surface area contributed by atoms with Crippen LogP contribution in [-0.2, 0) is 10.0 Å². The maximum Gasteiger partial charge on any atom is 0.241 e. The summed E-state index contributed by atoms with van der Waals surface area (Å²) in [5, 5.41) is 8.63. The monoisotopic (exact) mass is 269 g/mol. The number of benzene rings is 1. The van der Waals surface area contributed by atoms with Gasteiger partial charge in [0.05, 0.1) is 4.90 Å². The summed E-state index contributed by atoms with van der Waals surface area (Å²) in [7, 11) is -3.48. The Kier molecular flexibility index (Phi) is 5.53. The van der Waals surface area contributed by atoms with Crippen LogP contribution in [-0.4, -0.2) is 26.2 Å². The quantitative estimate of drug-likeness (QED) is 0.771. The molecular formula is C13H19NO3S. The fraction of sp³-hybridized carbons (Fsp3) is 0.385. The van der Waals surface area contributed by atoms with Gasteiger partial charge < -0.3 is 5.11 Å². The number of aryl methyl sites for hydroxylation is 1. The lowest BCUT2D eigenvalue weighted by molar-refractivity contribution is 0.302. The molecule has 100 valence electrons. The third-order valence-corrected chi connectivity index (χ3v) is 3.97. The molecule has 0 heterocycles. The molecule has 1 rings (SSSR count). The van der Waals surface area contributed by atoms with Crippen LogP contribution in [0.5, 0.6) is 0 Å². The molecule has 0 saturated carbocycles. The Balaban J connectivity index is 2.73. The van der Waals surface area contributed by atoms with Crippen molar-refractivity contribution in [2.24, 2.45) is 0 Å². The molecule has 0 aliphatic carbocycles. The molecule has 4 nitrogen and oxygen atoms in total. The van der Waals surface area contributed by atoms with Gasteiger partial charge in [-0.3, -0.25) is 0 Å². The van der Waals surface area contributed by atoms with Crippen LogP contribution in [0, 0.1) is 6.92 Å². The van der Waals surface area contributed by atoms with Crippen LogP contribution in [0.4, 0.5) is 0 Å². The number of sulfonamides is 1. The summed E-state index contributed by atoms with van der Waals surface area (Å²) in [6.45, 7) is 3.72. The Morgan fingerprint density at radius 1 is 1.33 bits per heavy atom. The summed E-state index contributed by atoms with van der Waals surface area (Å²) in [6, 6.07) is 6.40. The van der Waals surface area contributed by atoms with Crippen LogP contribution in [0.25, 0.3) is 0 Å². The molecule has 1 aromatic carbocycles. The number of hydrogen-bond donors (Lipinski definition) is 2. The molecule has 0 aliphatic rings. The zero-order valence-corrected chi connectivity index (χ0v) is 11.4. The minimum absolute atomic E-state index is 0.0634. The third-order valence-electron chi connectivity index (χ3n) is 2.39. The van der Waals surface area contributed by atoms with Gasteiger partial charge in [-0.1, -0.05) is 29.8 Å². The summed E-state index contributed by atoms with van der Waals surface area (Å²) >= 11 is 0. The van der Waals surface area contributed by atoms with Gasteiger partial charge in [0.25, 0.3) is 0 Å². The highest BCUT2D eigenvalue weighted by atomic mass is 32.2. The van der Waals surface area contributed by atoms with Gasteiger partial charge in [0.1, 0.15) is 0 Å². The van der Waals surface area contributed by atoms with E-state index >= 15 is 0 Å². The van der Waals surface area contributed by atoms with Crippen molar-refractivity contribution in [1.82, 2.24) is 4.72 Å². The Labute approximate surface area is 108 Å². The van der Waals surface area contributed by atoms with E-state index in [1.807, 2.05) is 6.92 Å². The Morgan fingerprint density at radius 2 is 1.94 bits per heavy atom. The second kappa shape index (κ2) is 6.68. The number of rotatable bonds is 6. The van der Waals surface area contributed by atoms with Crippen LogP contribution >= 0.6 is 0 Å². The van der Waals surface area contributed by atoms with Gasteiger partial charge in [0.2, 0.25) is 10.0 Å². The molecule has 0 amide bonds. The van der Waals surface area contributed by atoms with E-state index in [1.54, 1.807) is 43.3 Å². The molecule has 0 bridgehead atoms. The summed E-state index contributed by atoms with van der Waals surface area (Å²) in [4.78, 5) is 0.260. The Bertz CT molecular complexity index is 491. The first-order valence-electron chi connectivity index (χ1n) is 5.82. The van der Waals surface area contributed by atoms with Crippen molar-refractivity contribution in [2.45, 2.75) is 31.2 Å². The molecule has 0 radical (unpaired) electrons. The normalized spacial score (nSPS) is 13.9. The molecule has 0 spiro atoms. The van der Waals surface area contributed by atoms with Crippen LogP contribution < -0.4 is 4.72 Å². The average Bonchev–Trinajstić information content (AvgIpc) is 2.29. The smallest absolute Gasteiger partial charge is 0.241 e. The summed E-state index contributed by atoms with van der Waals surface area (Å²) in [5.41, 5.74) is 1.02. The van der Waals surface area contributed by atoms with Crippen molar-refractivity contribution in [3.63, 3.8) is 0 Å². The summed E-state index contributed by atoms with van der Waals surface area (Å²) in [5.74, 6) is 0. The summed E-state index contributed by atoms with van der Waals surface area (Å²) < 4.78 is 26.5. The highest BCUT2D eigenvalue weighted by molar-refractivity contribution is 7.89. The average molecular weight is 269 g/mol. The van der Waals surface area contributed by atoms with E-state index in [-0.39, 0.29) is 17.5 Å². The lowest BCUT2D eigenvalue weighted by Gasteiger charge is -2.10. The summed E-state index contributed by atoms with van der Waals surface area (Å²) in [6.07, 6.45) is 4.00. The minimum atomic E-state index is -3.48. The van der Waals surface area contributed by atoms with Crippen LogP contribution in [0.2, 0.25) is 0 Å². The lowest BCUT2D eigenvalue weighted by atomic mass is 10.2. The van der Waals surface area contributed by atoms with Gasteiger partial charge in [-0.05, 0) is 32.4 Å². The number of nitrogens with one attached hydrogen (secondary N) is 1. The van der Waals surface area contributed by atoms with Crippen molar-refractivity contribution in [3.8, 4) is 0 Å². The van der Waals surface area contributed by atoms with Gasteiger partial charge in [0.15, 0.2) is 0 Å². The number of aliphatic hydroxyl groups is 1. The van der Waals surface area contributed by atoms with Crippen molar-refractivity contribution in [1.29, 1.82) is 0 Å². The molecule has 1 aromatic rings. The third kappa shape index (κ3) is 4.60. The standard InChI is InChI=1S/C13H19NO3S/c1-11-6-8-13(9-7-11)18(16,17)14-12(2)5-3-4-10-15/h3,5-9,12,14-15H,4,10H2,1-2H3/b5-3+/t12-/m1/s1. The highest BCUT2D eigenvalue weighted by Gasteiger charge is 2.15. The molecule has 5 heteroatoms. The molecule has 0 unspecified atom stereocenters. The van der Waals surface area contributed by atoms with Crippen molar-refractivity contribution >= 4 is 10.0 Å². The SMILES string of the molecule is Cc1ccc(S(=O)(=O)N[C@H](C)/C=C/CCO)cc1. The maximum absolute atomic E-state index is 12.0. The van der Waals surface area contributed by atoms with Crippen LogP contribution in [0.1, 0.15) is 18.9 Å². The maximum atomic E-state index is 12.0. The van der Waals surface area contributed by atoms with Gasteiger partial charge >= 0.3 is 0 Å². The van der Waals surface area contributed by atoms with E-state index in [4.69, 9.17) is 5.11 Å². The van der Waals surface area contributed by atoms with E-state index in [2.05, 4.69) is 4.72 Å². The zero-order chi connectivity index (χ0) is 13.6. The zero-order valence-electron chi connectivity index (χ0n) is 10.6. The van der Waals surface area contributed by atoms with E-state index in [1.165, 1.54) is 0 Å². The fourth-order valence-electron chi connectivity index (χ4n) is 1.44. The molecular weight excluding hydrogens is 250 g/mol. The first-order chi connectivity index (χ1) is 8.45. The number of aliphatic hydroxyl groups excluding tert-OH is 1. The second-order valence-corrected chi connectivity index (χ2v) is 5.88. The molecule has 0 saturated heterocycles. The van der Waals surface area contributed by atoms with Gasteiger partial charge in [-0.15, -0.1) is 0 Å². The van der Waals surface area contributed by atoms with Crippen LogP contribution in [0.15, 0.2) is 41.3 Å². The van der Waals surface area contributed by atoms with E-state index < -0.39 is 10.0 Å². The second-order valence-electron chi connectivity index (χ2n) is 4.16. The molecule has 0 aliphatic heterocycles. The lowest BCUT2D eigenvalue weighted by Crippen LogP contribution is -2.31. The molecule has 1 atom stereocenters. The number of hydrogen-bond acceptors (Lipinski definition) is 3. The first kappa shape index (κ1) is 14.9. The van der Waals surface area contributed by atoms with E-state index in [0.29, 0.717) is 6.42 Å². The molecule has 0 fully saturated rings. The Hall–Kier alpha value is -1.17. The van der Waals surface area contributed by atoms with Crippen LogP contribution in [0.3, 0.4) is 0 Å². The van der Waals surface area contributed by atoms with Crippen molar-refractivity contribution in [3.05, 3.63) is 42.0 Å². The minimum Gasteiger partial charge on any atom is -0.396 e. The van der Waals surface area contributed by atoms with Gasteiger partial charge in [0, 0.05) is 12.6 Å². The largest absolute Gasteiger partial charge is 0.396 e. The topological polar surface area (TPSA) is 66.4 Å². The van der Waals surface area contributed by atoms with Gasteiger partial charge in [-0.2, -0.15) is 0 Å². The Morgan fingerprint density at radius 3 is 2.50 bits per heavy atom. The molecule has 18 heavy (non-hydrogen) atoms. The van der Waals surface area contributed by atoms with E-state index in [9.17, 15) is 8.42 Å². The predicted octanol–water partition coefficient (Wildman–Crippen LogP) is 1.60. The van der Waals surface area contributed by atoms with E-state index in [0.717, 1.165) is 5.56 Å². The predicted molar refractivity (Wildman–Crippen MR) is 71.8 cm³/mol. The van der Waals surface area contributed by atoms with Crippen molar-refractivity contribution in [2.75, 3.05) is 6.61 Å². The highest BCUT2D eigenvalue weighted by Crippen LogP contribution is 2.10. The first-order valence-corrected chi connectivity index (χ1v) is 7.30. The molecule has 2 N–H and O–H groups in total.